The third-order valence-corrected chi connectivity index (χ3v) is 8.28. The summed E-state index contributed by atoms with van der Waals surface area (Å²) < 4.78 is 71.6. The number of anilines is 2. The van der Waals surface area contributed by atoms with Crippen molar-refractivity contribution in [3.05, 3.63) is 59.9 Å². The monoisotopic (exact) mass is 534 g/mol. The molecule has 2 atom stereocenters. The lowest BCUT2D eigenvalue weighted by atomic mass is 9.92. The zero-order chi connectivity index (χ0) is 25.9. The molecule has 1 N–H and O–H groups in total. The number of aryl methyl sites for hydroxylation is 1. The lowest BCUT2D eigenvalue weighted by Gasteiger charge is -2.38. The fourth-order valence-corrected chi connectivity index (χ4v) is 6.28. The van der Waals surface area contributed by atoms with Crippen LogP contribution in [-0.4, -0.2) is 44.3 Å². The average Bonchev–Trinajstić information content (AvgIpc) is 3.53. The first-order valence-corrected chi connectivity index (χ1v) is 12.7. The Morgan fingerprint density at radius 3 is 2.32 bits per heavy atom. The summed E-state index contributed by atoms with van der Waals surface area (Å²) in [6, 6.07) is 9.94. The van der Waals surface area contributed by atoms with E-state index in [4.69, 9.17) is 0 Å². The molecule has 2 bridgehead atoms. The second-order valence-electron chi connectivity index (χ2n) is 9.75. The van der Waals surface area contributed by atoms with E-state index in [0.29, 0.717) is 34.6 Å². The van der Waals surface area contributed by atoms with E-state index in [1.54, 1.807) is 22.8 Å². The summed E-state index contributed by atoms with van der Waals surface area (Å²) in [4.78, 5) is 7.07. The van der Waals surface area contributed by atoms with Gasteiger partial charge in [0.15, 0.2) is 5.65 Å². The molecule has 1 aromatic carbocycles. The summed E-state index contributed by atoms with van der Waals surface area (Å²) in [5, 5.41) is 9.29. The van der Waals surface area contributed by atoms with Gasteiger partial charge in [-0.3, -0.25) is 0 Å². The number of piperidine rings is 1. The van der Waals surface area contributed by atoms with Crippen LogP contribution in [0.25, 0.3) is 16.8 Å². The van der Waals surface area contributed by atoms with Crippen LogP contribution < -0.4 is 10.2 Å². The number of rotatable bonds is 5. The normalized spacial score (nSPS) is 22.1. The van der Waals surface area contributed by atoms with Crippen LogP contribution >= 0.6 is 11.5 Å². The van der Waals surface area contributed by atoms with Crippen molar-refractivity contribution in [2.75, 3.05) is 23.3 Å². The summed E-state index contributed by atoms with van der Waals surface area (Å²) in [5.74, 6) is -3.57. The summed E-state index contributed by atoms with van der Waals surface area (Å²) in [6.07, 6.45) is -1.70. The van der Waals surface area contributed by atoms with Gasteiger partial charge in [-0.25, -0.2) is 4.52 Å². The number of aromatic nitrogens is 4. The Hall–Kier alpha value is -3.28. The lowest BCUT2D eigenvalue weighted by Crippen LogP contribution is -2.48. The third kappa shape index (κ3) is 4.20. The third-order valence-electron chi connectivity index (χ3n) is 7.33. The van der Waals surface area contributed by atoms with Crippen molar-refractivity contribution in [2.24, 2.45) is 11.8 Å². The van der Waals surface area contributed by atoms with Crippen LogP contribution in [0, 0.1) is 18.8 Å². The Bertz CT molecular complexity index is 1420. The second kappa shape index (κ2) is 8.64. The van der Waals surface area contributed by atoms with Crippen molar-refractivity contribution in [3.8, 4) is 11.1 Å². The van der Waals surface area contributed by atoms with Gasteiger partial charge in [-0.05, 0) is 66.9 Å². The minimum Gasteiger partial charge on any atom is -0.361 e. The Balaban J connectivity index is 1.23. The number of benzene rings is 1. The lowest BCUT2D eigenvalue weighted by molar-refractivity contribution is -0.289. The van der Waals surface area contributed by atoms with E-state index in [1.165, 1.54) is 28.7 Å². The number of fused-ring (bicyclic) bond motifs is 3. The number of pyridine rings is 1. The fourth-order valence-electron chi connectivity index (χ4n) is 5.50. The van der Waals surface area contributed by atoms with Crippen LogP contribution in [0.2, 0.25) is 0 Å². The average molecular weight is 535 g/mol. The SMILES string of the molecule is Cc1cc(N2CC3CCC(C2)C3Nc2nc3c(-c4ccc(C(F)(F)C(F)(F)F)cc4)cccn3n2)sn1. The van der Waals surface area contributed by atoms with E-state index in [1.807, 2.05) is 6.92 Å². The van der Waals surface area contributed by atoms with Crippen molar-refractivity contribution in [1.82, 2.24) is 19.0 Å². The molecule has 2 aliphatic rings. The Labute approximate surface area is 213 Å². The molecule has 4 aromatic rings. The summed E-state index contributed by atoms with van der Waals surface area (Å²) in [6.45, 7) is 3.87. The maximum atomic E-state index is 13.7. The molecule has 1 aliphatic carbocycles. The fraction of sp³-hybridized carbons (Fsp3) is 0.400. The van der Waals surface area contributed by atoms with Gasteiger partial charge in [0, 0.05) is 36.5 Å². The highest BCUT2D eigenvalue weighted by Crippen LogP contribution is 2.44. The van der Waals surface area contributed by atoms with Gasteiger partial charge in [0.1, 0.15) is 5.00 Å². The van der Waals surface area contributed by atoms with E-state index in [2.05, 4.69) is 30.7 Å². The van der Waals surface area contributed by atoms with Gasteiger partial charge < -0.3 is 10.2 Å². The minimum atomic E-state index is -5.66. The predicted octanol–water partition coefficient (Wildman–Crippen LogP) is 6.14. The van der Waals surface area contributed by atoms with E-state index in [0.717, 1.165) is 43.8 Å². The van der Waals surface area contributed by atoms with E-state index in [-0.39, 0.29) is 6.04 Å². The molecular formula is C25H23F5N6S. The van der Waals surface area contributed by atoms with Crippen LogP contribution in [0.1, 0.15) is 24.1 Å². The summed E-state index contributed by atoms with van der Waals surface area (Å²) in [7, 11) is 0. The van der Waals surface area contributed by atoms with Crippen LogP contribution in [0.15, 0.2) is 48.7 Å². The molecule has 4 heterocycles. The Morgan fingerprint density at radius 1 is 1.00 bits per heavy atom. The second-order valence-corrected chi connectivity index (χ2v) is 10.5. The maximum Gasteiger partial charge on any atom is 0.458 e. The van der Waals surface area contributed by atoms with Crippen molar-refractivity contribution in [2.45, 2.75) is 37.9 Å². The van der Waals surface area contributed by atoms with E-state index < -0.39 is 17.7 Å². The van der Waals surface area contributed by atoms with Crippen LogP contribution in [0.5, 0.6) is 0 Å². The first-order chi connectivity index (χ1) is 17.6. The highest BCUT2D eigenvalue weighted by molar-refractivity contribution is 7.10. The quantitative estimate of drug-likeness (QED) is 0.312. The molecule has 37 heavy (non-hydrogen) atoms. The molecule has 0 amide bonds. The summed E-state index contributed by atoms with van der Waals surface area (Å²) in [5.41, 5.74) is 1.48. The van der Waals surface area contributed by atoms with Crippen LogP contribution in [0.3, 0.4) is 0 Å². The molecule has 6 rings (SSSR count). The number of hydrogen-bond acceptors (Lipinski definition) is 6. The van der Waals surface area contributed by atoms with Gasteiger partial charge >= 0.3 is 12.1 Å². The van der Waals surface area contributed by atoms with Gasteiger partial charge in [0.2, 0.25) is 5.95 Å². The minimum absolute atomic E-state index is 0.231. The number of alkyl halides is 5. The van der Waals surface area contributed by atoms with Gasteiger partial charge in [-0.1, -0.05) is 24.3 Å². The molecule has 1 saturated carbocycles. The topological polar surface area (TPSA) is 58.4 Å². The van der Waals surface area contributed by atoms with Gasteiger partial charge in [-0.15, -0.1) is 5.10 Å². The van der Waals surface area contributed by atoms with E-state index in [9.17, 15) is 22.0 Å². The molecule has 0 radical (unpaired) electrons. The molecule has 2 unspecified atom stereocenters. The van der Waals surface area contributed by atoms with E-state index >= 15 is 0 Å². The standard InChI is InChI=1S/C25H23F5N6S/c1-14-11-20(37-34-14)35-12-16-4-5-17(13-35)21(16)31-23-32-22-19(3-2-10-36(22)33-23)15-6-8-18(9-7-15)24(26,27)25(28,29)30/h2-3,6-11,16-17,21H,4-5,12-13H2,1H3,(H,31,33). The molecule has 3 aromatic heterocycles. The highest BCUT2D eigenvalue weighted by Gasteiger charge is 2.58. The molecule has 1 aliphatic heterocycles. The largest absolute Gasteiger partial charge is 0.458 e. The Kier molecular flexibility index (Phi) is 5.62. The zero-order valence-electron chi connectivity index (χ0n) is 19.7. The van der Waals surface area contributed by atoms with Crippen molar-refractivity contribution >= 4 is 28.1 Å². The number of hydrogen-bond donors (Lipinski definition) is 1. The van der Waals surface area contributed by atoms with Crippen LogP contribution in [0.4, 0.5) is 32.9 Å². The molecule has 12 heteroatoms. The van der Waals surface area contributed by atoms with Crippen molar-refractivity contribution < 1.29 is 22.0 Å². The van der Waals surface area contributed by atoms with Crippen LogP contribution in [-0.2, 0) is 5.92 Å². The maximum absolute atomic E-state index is 13.7. The predicted molar refractivity (Wildman–Crippen MR) is 131 cm³/mol. The number of halogens is 5. The molecule has 6 nitrogen and oxygen atoms in total. The molecule has 0 spiro atoms. The molecule has 1 saturated heterocycles. The first-order valence-electron chi connectivity index (χ1n) is 12.0. The molecule has 194 valence electrons. The molecule has 2 fully saturated rings. The highest BCUT2D eigenvalue weighted by atomic mass is 32.1. The van der Waals surface area contributed by atoms with Gasteiger partial charge in [-0.2, -0.15) is 31.3 Å². The number of nitrogens with one attached hydrogen (secondary N) is 1. The Morgan fingerprint density at radius 2 is 1.70 bits per heavy atom. The smallest absolute Gasteiger partial charge is 0.361 e. The first kappa shape index (κ1) is 24.1. The zero-order valence-corrected chi connectivity index (χ0v) is 20.5. The number of nitrogens with zero attached hydrogens (tertiary/aromatic N) is 5. The molecular weight excluding hydrogens is 511 g/mol. The van der Waals surface area contributed by atoms with Crippen molar-refractivity contribution in [3.63, 3.8) is 0 Å². The van der Waals surface area contributed by atoms with Gasteiger partial charge in [0.05, 0.1) is 5.69 Å². The van der Waals surface area contributed by atoms with Crippen molar-refractivity contribution in [1.29, 1.82) is 0 Å². The summed E-state index contributed by atoms with van der Waals surface area (Å²) >= 11 is 1.53. The van der Waals surface area contributed by atoms with Gasteiger partial charge in [0.25, 0.3) is 0 Å².